The lowest BCUT2D eigenvalue weighted by Crippen LogP contribution is -2.28. The van der Waals surface area contributed by atoms with Crippen LogP contribution in [0.1, 0.15) is 12.8 Å². The zero-order valence-electron chi connectivity index (χ0n) is 7.74. The van der Waals surface area contributed by atoms with Crippen LogP contribution in [0.2, 0.25) is 0 Å². The summed E-state index contributed by atoms with van der Waals surface area (Å²) in [6.45, 7) is 1.53. The zero-order valence-corrected chi connectivity index (χ0v) is 7.74. The molecule has 0 unspecified atom stereocenters. The Labute approximate surface area is 81.5 Å². The molecule has 1 fully saturated rings. The van der Waals surface area contributed by atoms with Crippen molar-refractivity contribution in [3.05, 3.63) is 18.2 Å². The van der Waals surface area contributed by atoms with Crippen molar-refractivity contribution < 1.29 is 9.13 Å². The van der Waals surface area contributed by atoms with E-state index in [1.165, 1.54) is 0 Å². The molecule has 76 valence electrons. The van der Waals surface area contributed by atoms with Gasteiger partial charge in [0.05, 0.1) is 12.4 Å². The highest BCUT2D eigenvalue weighted by molar-refractivity contribution is 5.24. The molecule has 0 radical (unpaired) electrons. The molecule has 0 spiro atoms. The molecule has 0 bridgehead atoms. The maximum absolute atomic E-state index is 12.5. The van der Waals surface area contributed by atoms with Crippen LogP contribution in [0.3, 0.4) is 0 Å². The number of rotatable bonds is 2. The fraction of sp³-hybridized carbons (Fsp3) is 0.556. The second kappa shape index (κ2) is 4.32. The molecule has 0 atom stereocenters. The normalized spacial score (nSPS) is 18.1. The van der Waals surface area contributed by atoms with Crippen LogP contribution in [0, 0.1) is 5.82 Å². The first-order valence-corrected chi connectivity index (χ1v) is 4.66. The highest BCUT2D eigenvalue weighted by Gasteiger charge is 2.13. The number of nitrogens with one attached hydrogen (secondary N) is 1. The lowest BCUT2D eigenvalue weighted by Gasteiger charge is -2.22. The van der Waals surface area contributed by atoms with E-state index in [1.54, 1.807) is 0 Å². The Bertz CT molecular complexity index is 285. The van der Waals surface area contributed by atoms with Crippen molar-refractivity contribution in [2.75, 3.05) is 18.5 Å². The van der Waals surface area contributed by atoms with Gasteiger partial charge in [0.15, 0.2) is 5.82 Å². The first kappa shape index (κ1) is 9.33. The fourth-order valence-corrected chi connectivity index (χ4v) is 1.41. The minimum Gasteiger partial charge on any atom is -0.381 e. The number of anilines is 1. The Morgan fingerprint density at radius 2 is 1.93 bits per heavy atom. The summed E-state index contributed by atoms with van der Waals surface area (Å²) in [7, 11) is 0. The summed E-state index contributed by atoms with van der Waals surface area (Å²) >= 11 is 0. The number of halogens is 1. The van der Waals surface area contributed by atoms with Crippen molar-refractivity contribution in [1.29, 1.82) is 0 Å². The first-order chi connectivity index (χ1) is 6.84. The van der Waals surface area contributed by atoms with Crippen LogP contribution in [0.25, 0.3) is 0 Å². The van der Waals surface area contributed by atoms with E-state index in [1.807, 2.05) is 0 Å². The van der Waals surface area contributed by atoms with Crippen molar-refractivity contribution in [2.45, 2.75) is 18.9 Å². The van der Waals surface area contributed by atoms with E-state index in [0.29, 0.717) is 12.0 Å². The standard InChI is InChI=1S/C9H12FN3O/c10-7-5-11-9(12-6-7)13-8-1-3-14-4-2-8/h5-6,8H,1-4H2,(H,11,12,13). The third kappa shape index (κ3) is 2.38. The molecule has 1 aliphatic rings. The minimum absolute atomic E-state index is 0.342. The van der Waals surface area contributed by atoms with Crippen LogP contribution in [-0.2, 0) is 4.74 Å². The maximum atomic E-state index is 12.5. The van der Waals surface area contributed by atoms with Crippen molar-refractivity contribution in [3.63, 3.8) is 0 Å². The van der Waals surface area contributed by atoms with E-state index in [-0.39, 0.29) is 0 Å². The minimum atomic E-state index is -0.414. The van der Waals surface area contributed by atoms with Crippen molar-refractivity contribution in [3.8, 4) is 0 Å². The number of nitrogens with zero attached hydrogens (tertiary/aromatic N) is 2. The molecular formula is C9H12FN3O. The molecule has 2 rings (SSSR count). The number of hydrogen-bond donors (Lipinski definition) is 1. The smallest absolute Gasteiger partial charge is 0.222 e. The molecule has 1 N–H and O–H groups in total. The molecule has 1 aromatic rings. The van der Waals surface area contributed by atoms with Gasteiger partial charge in [0.25, 0.3) is 0 Å². The number of ether oxygens (including phenoxy) is 1. The van der Waals surface area contributed by atoms with Crippen molar-refractivity contribution >= 4 is 5.95 Å². The molecule has 1 saturated heterocycles. The van der Waals surface area contributed by atoms with Gasteiger partial charge < -0.3 is 10.1 Å². The lowest BCUT2D eigenvalue weighted by atomic mass is 10.1. The Hall–Kier alpha value is -1.23. The monoisotopic (exact) mass is 197 g/mol. The first-order valence-electron chi connectivity index (χ1n) is 4.66. The van der Waals surface area contributed by atoms with Crippen LogP contribution in [0.5, 0.6) is 0 Å². The van der Waals surface area contributed by atoms with E-state index in [9.17, 15) is 4.39 Å². The molecule has 1 aromatic heterocycles. The third-order valence-corrected chi connectivity index (χ3v) is 2.17. The Morgan fingerprint density at radius 1 is 1.29 bits per heavy atom. The van der Waals surface area contributed by atoms with E-state index in [2.05, 4.69) is 15.3 Å². The Kier molecular flexibility index (Phi) is 2.88. The van der Waals surface area contributed by atoms with Gasteiger partial charge in [-0.3, -0.25) is 0 Å². The van der Waals surface area contributed by atoms with E-state index < -0.39 is 5.82 Å². The maximum Gasteiger partial charge on any atom is 0.222 e. The predicted molar refractivity (Wildman–Crippen MR) is 49.5 cm³/mol. The molecule has 2 heterocycles. The van der Waals surface area contributed by atoms with Crippen LogP contribution in [-0.4, -0.2) is 29.2 Å². The summed E-state index contributed by atoms with van der Waals surface area (Å²) in [6, 6.07) is 0.342. The van der Waals surface area contributed by atoms with Crippen molar-refractivity contribution in [1.82, 2.24) is 9.97 Å². The van der Waals surface area contributed by atoms with Gasteiger partial charge in [-0.05, 0) is 12.8 Å². The van der Waals surface area contributed by atoms with Gasteiger partial charge in [-0.1, -0.05) is 0 Å². The predicted octanol–water partition coefficient (Wildman–Crippen LogP) is 1.21. The summed E-state index contributed by atoms with van der Waals surface area (Å²) in [4.78, 5) is 7.67. The molecular weight excluding hydrogens is 185 g/mol. The molecule has 14 heavy (non-hydrogen) atoms. The average Bonchev–Trinajstić information content (AvgIpc) is 2.23. The van der Waals surface area contributed by atoms with Crippen LogP contribution < -0.4 is 5.32 Å². The second-order valence-corrected chi connectivity index (χ2v) is 3.26. The molecule has 0 amide bonds. The topological polar surface area (TPSA) is 47.0 Å². The number of aromatic nitrogens is 2. The average molecular weight is 197 g/mol. The van der Waals surface area contributed by atoms with Crippen molar-refractivity contribution in [2.24, 2.45) is 0 Å². The summed E-state index contributed by atoms with van der Waals surface area (Å²) in [5, 5.41) is 3.14. The third-order valence-electron chi connectivity index (χ3n) is 2.17. The highest BCUT2D eigenvalue weighted by atomic mass is 19.1. The van der Waals surface area contributed by atoms with E-state index in [0.717, 1.165) is 38.4 Å². The van der Waals surface area contributed by atoms with Gasteiger partial charge in [-0.25, -0.2) is 14.4 Å². The summed E-state index contributed by atoms with van der Waals surface area (Å²) in [5.74, 6) is 0.0702. The van der Waals surface area contributed by atoms with Crippen LogP contribution in [0.15, 0.2) is 12.4 Å². The Balaban J connectivity index is 1.92. The molecule has 5 heteroatoms. The second-order valence-electron chi connectivity index (χ2n) is 3.26. The van der Waals surface area contributed by atoms with Gasteiger partial charge in [-0.15, -0.1) is 0 Å². The molecule has 0 aliphatic carbocycles. The van der Waals surface area contributed by atoms with Gasteiger partial charge in [0.1, 0.15) is 0 Å². The summed E-state index contributed by atoms with van der Waals surface area (Å²) in [5.41, 5.74) is 0. The van der Waals surface area contributed by atoms with E-state index in [4.69, 9.17) is 4.74 Å². The fourth-order valence-electron chi connectivity index (χ4n) is 1.41. The molecule has 0 saturated carbocycles. The quantitative estimate of drug-likeness (QED) is 0.774. The van der Waals surface area contributed by atoms with Gasteiger partial charge >= 0.3 is 0 Å². The largest absolute Gasteiger partial charge is 0.381 e. The number of hydrogen-bond acceptors (Lipinski definition) is 4. The molecule has 0 aromatic carbocycles. The zero-order chi connectivity index (χ0) is 9.80. The Morgan fingerprint density at radius 3 is 2.57 bits per heavy atom. The molecule has 1 aliphatic heterocycles. The summed E-state index contributed by atoms with van der Waals surface area (Å²) in [6.07, 6.45) is 4.21. The van der Waals surface area contributed by atoms with Gasteiger partial charge in [0.2, 0.25) is 5.95 Å². The SMILES string of the molecule is Fc1cnc(NC2CCOCC2)nc1. The van der Waals surface area contributed by atoms with E-state index >= 15 is 0 Å². The van der Waals surface area contributed by atoms with Gasteiger partial charge in [-0.2, -0.15) is 0 Å². The van der Waals surface area contributed by atoms with Crippen LogP contribution in [0.4, 0.5) is 10.3 Å². The lowest BCUT2D eigenvalue weighted by molar-refractivity contribution is 0.0903. The highest BCUT2D eigenvalue weighted by Crippen LogP contribution is 2.11. The summed E-state index contributed by atoms with van der Waals surface area (Å²) < 4.78 is 17.7. The molecule has 4 nitrogen and oxygen atoms in total. The van der Waals surface area contributed by atoms with Crippen LogP contribution >= 0.6 is 0 Å². The van der Waals surface area contributed by atoms with Gasteiger partial charge in [0, 0.05) is 19.3 Å².